The topological polar surface area (TPSA) is 47.4 Å². The Morgan fingerprint density at radius 2 is 1.73 bits per heavy atom. The van der Waals surface area contributed by atoms with E-state index in [0.29, 0.717) is 30.8 Å². The largest absolute Gasteiger partial charge is 0.487 e. The predicted molar refractivity (Wildman–Crippen MR) is 120 cm³/mol. The van der Waals surface area contributed by atoms with E-state index in [-0.39, 0.29) is 23.6 Å². The normalized spacial score (nSPS) is 14.7. The molecule has 0 atom stereocenters. The van der Waals surface area contributed by atoms with E-state index in [0.717, 1.165) is 33.7 Å². The van der Waals surface area contributed by atoms with Gasteiger partial charge in [-0.05, 0) is 49.4 Å². The Balaban J connectivity index is 1.29. The number of benzene rings is 2. The van der Waals surface area contributed by atoms with Crippen LogP contribution in [0.3, 0.4) is 0 Å². The second-order valence-corrected chi connectivity index (χ2v) is 9.02. The zero-order chi connectivity index (χ0) is 23.1. The lowest BCUT2D eigenvalue weighted by atomic mass is 10.1. The number of ether oxygens (including phenoxy) is 1. The van der Waals surface area contributed by atoms with E-state index in [1.165, 1.54) is 29.5 Å². The summed E-state index contributed by atoms with van der Waals surface area (Å²) < 4.78 is 47.7. The number of thiophene rings is 1. The first-order valence-corrected chi connectivity index (χ1v) is 11.4. The number of aromatic nitrogens is 2. The van der Waals surface area contributed by atoms with Crippen LogP contribution in [0.2, 0.25) is 0 Å². The summed E-state index contributed by atoms with van der Waals surface area (Å²) in [6.45, 7) is 2.83. The first-order valence-electron chi connectivity index (χ1n) is 10.5. The van der Waals surface area contributed by atoms with E-state index in [2.05, 4.69) is 5.10 Å². The molecule has 170 valence electrons. The van der Waals surface area contributed by atoms with Crippen molar-refractivity contribution in [2.75, 3.05) is 13.1 Å². The van der Waals surface area contributed by atoms with Gasteiger partial charge in [-0.1, -0.05) is 0 Å². The smallest absolute Gasteiger partial charge is 0.264 e. The highest BCUT2D eigenvalue weighted by molar-refractivity contribution is 7.20. The Morgan fingerprint density at radius 3 is 2.42 bits per heavy atom. The summed E-state index contributed by atoms with van der Waals surface area (Å²) in [6.07, 6.45) is 0.858. The number of fused-ring (bicyclic) bond motifs is 1. The van der Waals surface area contributed by atoms with Crippen LogP contribution in [0.25, 0.3) is 15.9 Å². The summed E-state index contributed by atoms with van der Waals surface area (Å²) in [5, 5.41) is 5.42. The minimum absolute atomic E-state index is 0.0199. The summed E-state index contributed by atoms with van der Waals surface area (Å²) in [6, 6.07) is 11.1. The molecule has 2 aromatic carbocycles. The van der Waals surface area contributed by atoms with Crippen LogP contribution in [0, 0.1) is 24.4 Å². The van der Waals surface area contributed by atoms with Crippen LogP contribution in [0.15, 0.2) is 48.5 Å². The molecule has 1 amide bonds. The minimum atomic E-state index is -0.732. The second kappa shape index (κ2) is 8.55. The lowest BCUT2D eigenvalue weighted by molar-refractivity contribution is 0.0592. The van der Waals surface area contributed by atoms with Crippen LogP contribution in [-0.4, -0.2) is 39.8 Å². The molecule has 0 aliphatic carbocycles. The van der Waals surface area contributed by atoms with Crippen LogP contribution >= 0.6 is 11.3 Å². The molecular formula is C24H20F3N3O2S. The average molecular weight is 472 g/mol. The van der Waals surface area contributed by atoms with Crippen LogP contribution in [0.5, 0.6) is 5.75 Å². The second-order valence-electron chi connectivity index (χ2n) is 7.99. The molecule has 4 aromatic rings. The van der Waals surface area contributed by atoms with Gasteiger partial charge in [-0.25, -0.2) is 17.9 Å². The van der Waals surface area contributed by atoms with E-state index >= 15 is 0 Å². The fraction of sp³-hybridized carbons (Fsp3) is 0.250. The molecule has 0 bridgehead atoms. The molecule has 0 spiro atoms. The zero-order valence-corrected chi connectivity index (χ0v) is 18.5. The van der Waals surface area contributed by atoms with Crippen molar-refractivity contribution in [2.45, 2.75) is 25.9 Å². The number of hydrogen-bond acceptors (Lipinski definition) is 4. The summed E-state index contributed by atoms with van der Waals surface area (Å²) in [5.41, 5.74) is 1.51. The SMILES string of the molecule is Cc1nn(-c2ccc(F)cc2)c2sc(C(=O)N3CCC(Oc4ccc(F)cc4F)CC3)cc12. The Bertz CT molecular complexity index is 1320. The molecule has 33 heavy (non-hydrogen) atoms. The Hall–Kier alpha value is -3.33. The van der Waals surface area contributed by atoms with Gasteiger partial charge in [0.15, 0.2) is 11.6 Å². The highest BCUT2D eigenvalue weighted by atomic mass is 32.1. The van der Waals surface area contributed by atoms with Crippen LogP contribution in [0.1, 0.15) is 28.2 Å². The average Bonchev–Trinajstić information content (AvgIpc) is 3.37. The number of carbonyl (C=O) groups is 1. The molecule has 3 heterocycles. The first-order chi connectivity index (χ1) is 15.9. The van der Waals surface area contributed by atoms with E-state index in [4.69, 9.17) is 4.74 Å². The van der Waals surface area contributed by atoms with Crippen molar-refractivity contribution < 1.29 is 22.7 Å². The molecule has 1 aliphatic rings. The van der Waals surface area contributed by atoms with E-state index in [1.807, 2.05) is 13.0 Å². The van der Waals surface area contributed by atoms with Gasteiger partial charge in [0.1, 0.15) is 22.6 Å². The monoisotopic (exact) mass is 471 g/mol. The standard InChI is InChI=1S/C24H20F3N3O2S/c1-14-19-13-22(33-24(19)30(28-14)17-5-2-15(25)3-6-17)23(31)29-10-8-18(9-11-29)32-21-7-4-16(26)12-20(21)27/h2-7,12-13,18H,8-11H2,1H3. The zero-order valence-electron chi connectivity index (χ0n) is 17.7. The number of aryl methyl sites for hydroxylation is 1. The third-order valence-electron chi connectivity index (χ3n) is 5.74. The maximum Gasteiger partial charge on any atom is 0.264 e. The molecule has 0 N–H and O–H groups in total. The summed E-state index contributed by atoms with van der Waals surface area (Å²) in [7, 11) is 0. The van der Waals surface area contributed by atoms with Crippen LogP contribution in [-0.2, 0) is 0 Å². The lowest BCUT2D eigenvalue weighted by Gasteiger charge is -2.32. The van der Waals surface area contributed by atoms with E-state index < -0.39 is 11.6 Å². The van der Waals surface area contributed by atoms with Crippen molar-refractivity contribution in [3.8, 4) is 11.4 Å². The first kappa shape index (κ1) is 21.5. The number of likely N-dealkylation sites (tertiary alicyclic amines) is 1. The maximum atomic E-state index is 13.9. The van der Waals surface area contributed by atoms with Gasteiger partial charge in [0.25, 0.3) is 5.91 Å². The van der Waals surface area contributed by atoms with Crippen molar-refractivity contribution in [3.63, 3.8) is 0 Å². The number of nitrogens with zero attached hydrogens (tertiary/aromatic N) is 3. The summed E-state index contributed by atoms with van der Waals surface area (Å²) in [5.74, 6) is -1.76. The third kappa shape index (κ3) is 4.20. The van der Waals surface area contributed by atoms with Crippen molar-refractivity contribution in [1.29, 1.82) is 0 Å². The Morgan fingerprint density at radius 1 is 1.03 bits per heavy atom. The van der Waals surface area contributed by atoms with E-state index in [1.54, 1.807) is 21.7 Å². The minimum Gasteiger partial charge on any atom is -0.487 e. The van der Waals surface area contributed by atoms with Gasteiger partial charge in [-0.2, -0.15) is 5.10 Å². The van der Waals surface area contributed by atoms with Gasteiger partial charge in [0, 0.05) is 37.4 Å². The number of piperidine rings is 1. The van der Waals surface area contributed by atoms with Gasteiger partial charge in [-0.3, -0.25) is 4.79 Å². The molecular weight excluding hydrogens is 451 g/mol. The highest BCUT2D eigenvalue weighted by Crippen LogP contribution is 2.32. The van der Waals surface area contributed by atoms with Gasteiger partial charge in [0.05, 0.1) is 16.3 Å². The highest BCUT2D eigenvalue weighted by Gasteiger charge is 2.27. The molecule has 0 radical (unpaired) electrons. The van der Waals surface area contributed by atoms with Gasteiger partial charge >= 0.3 is 0 Å². The molecule has 0 unspecified atom stereocenters. The van der Waals surface area contributed by atoms with Crippen molar-refractivity contribution >= 4 is 27.5 Å². The Labute approximate surface area is 192 Å². The number of amides is 1. The van der Waals surface area contributed by atoms with Crippen molar-refractivity contribution in [1.82, 2.24) is 14.7 Å². The van der Waals surface area contributed by atoms with Crippen LogP contribution in [0.4, 0.5) is 13.2 Å². The molecule has 2 aromatic heterocycles. The molecule has 5 nitrogen and oxygen atoms in total. The summed E-state index contributed by atoms with van der Waals surface area (Å²) >= 11 is 1.35. The molecule has 1 fully saturated rings. The number of carbonyl (C=O) groups excluding carboxylic acids is 1. The summed E-state index contributed by atoms with van der Waals surface area (Å²) in [4.78, 5) is 16.3. The predicted octanol–water partition coefficient (Wildman–Crippen LogP) is 5.50. The van der Waals surface area contributed by atoms with E-state index in [9.17, 15) is 18.0 Å². The van der Waals surface area contributed by atoms with Gasteiger partial charge < -0.3 is 9.64 Å². The van der Waals surface area contributed by atoms with Crippen molar-refractivity contribution in [2.24, 2.45) is 0 Å². The number of hydrogen-bond donors (Lipinski definition) is 0. The van der Waals surface area contributed by atoms with Gasteiger partial charge in [-0.15, -0.1) is 11.3 Å². The molecule has 1 aliphatic heterocycles. The maximum absolute atomic E-state index is 13.9. The van der Waals surface area contributed by atoms with Crippen LogP contribution < -0.4 is 4.74 Å². The third-order valence-corrected chi connectivity index (χ3v) is 6.84. The molecule has 9 heteroatoms. The fourth-order valence-electron chi connectivity index (χ4n) is 3.99. The molecule has 5 rings (SSSR count). The fourth-order valence-corrected chi connectivity index (χ4v) is 5.14. The quantitative estimate of drug-likeness (QED) is 0.395. The number of halogens is 3. The van der Waals surface area contributed by atoms with Gasteiger partial charge in [0.2, 0.25) is 0 Å². The Kier molecular flexibility index (Phi) is 5.57. The molecule has 0 saturated carbocycles. The van der Waals surface area contributed by atoms with Crippen molar-refractivity contribution in [3.05, 3.63) is 76.6 Å². The number of rotatable bonds is 4. The lowest BCUT2D eigenvalue weighted by Crippen LogP contribution is -2.41. The molecule has 1 saturated heterocycles.